The fraction of sp³-hybridized carbons (Fsp3) is 0.261. The van der Waals surface area contributed by atoms with E-state index in [1.807, 2.05) is 30.5 Å². The van der Waals surface area contributed by atoms with Crippen LogP contribution in [-0.4, -0.2) is 52.3 Å². The van der Waals surface area contributed by atoms with Crippen molar-refractivity contribution in [3.05, 3.63) is 70.9 Å². The van der Waals surface area contributed by atoms with Gasteiger partial charge in [0.05, 0.1) is 0 Å². The standard InChI is InChI=1S/C23H21ClN4O3/c24-15-7-5-13(6-8-15)21(29)26-16-10-20-22(30)27-19(23(31)28(20)12-16)9-14-11-25-18-4-2-1-3-17(14)18/h1-8,11,16,19-20,25H,9-10,12H2,(H,26,29)(H,27,30)/t16-,19-,20-/m0/s1. The molecule has 7 nitrogen and oxygen atoms in total. The Hall–Kier alpha value is -3.32. The van der Waals surface area contributed by atoms with Crippen molar-refractivity contribution in [3.8, 4) is 0 Å². The molecule has 0 saturated carbocycles. The predicted octanol–water partition coefficient (Wildman–Crippen LogP) is 2.26. The fourth-order valence-corrected chi connectivity index (χ4v) is 4.62. The second-order valence-corrected chi connectivity index (χ2v) is 8.48. The maximum atomic E-state index is 13.1. The van der Waals surface area contributed by atoms with Crippen molar-refractivity contribution in [2.24, 2.45) is 0 Å². The number of carbonyl (C=O) groups is 3. The molecule has 0 bridgehead atoms. The van der Waals surface area contributed by atoms with Crippen LogP contribution in [0, 0.1) is 0 Å². The number of nitrogens with zero attached hydrogens (tertiary/aromatic N) is 1. The molecule has 0 spiro atoms. The van der Waals surface area contributed by atoms with E-state index >= 15 is 0 Å². The summed E-state index contributed by atoms with van der Waals surface area (Å²) in [6.07, 6.45) is 2.70. The van der Waals surface area contributed by atoms with Crippen LogP contribution in [0.3, 0.4) is 0 Å². The Morgan fingerprint density at radius 2 is 1.90 bits per heavy atom. The summed E-state index contributed by atoms with van der Waals surface area (Å²) in [4.78, 5) is 43.2. The minimum atomic E-state index is -0.617. The second kappa shape index (κ2) is 7.74. The third kappa shape index (κ3) is 3.65. The molecular weight excluding hydrogens is 416 g/mol. The molecule has 2 aliphatic heterocycles. The Labute approximate surface area is 183 Å². The number of benzene rings is 2. The van der Waals surface area contributed by atoms with E-state index in [0.29, 0.717) is 30.0 Å². The number of fused-ring (bicyclic) bond motifs is 2. The molecule has 0 radical (unpaired) electrons. The number of hydrogen-bond acceptors (Lipinski definition) is 3. The van der Waals surface area contributed by atoms with Gasteiger partial charge in [-0.15, -0.1) is 0 Å². The maximum Gasteiger partial charge on any atom is 0.251 e. The lowest BCUT2D eigenvalue weighted by Crippen LogP contribution is -2.61. The van der Waals surface area contributed by atoms with Crippen LogP contribution in [-0.2, 0) is 16.0 Å². The number of hydrogen-bond donors (Lipinski definition) is 3. The molecule has 158 valence electrons. The van der Waals surface area contributed by atoms with Crippen LogP contribution in [0.1, 0.15) is 22.3 Å². The molecule has 5 rings (SSSR count). The average Bonchev–Trinajstić information content (AvgIpc) is 3.37. The minimum absolute atomic E-state index is 0.113. The van der Waals surface area contributed by atoms with Crippen LogP contribution < -0.4 is 10.6 Å². The Morgan fingerprint density at radius 3 is 2.71 bits per heavy atom. The summed E-state index contributed by atoms with van der Waals surface area (Å²) in [7, 11) is 0. The number of nitrogens with one attached hydrogen (secondary N) is 3. The number of H-pyrrole nitrogens is 1. The van der Waals surface area contributed by atoms with Crippen molar-refractivity contribution in [3.63, 3.8) is 0 Å². The number of amides is 3. The first-order chi connectivity index (χ1) is 15.0. The molecule has 0 aliphatic carbocycles. The van der Waals surface area contributed by atoms with Gasteiger partial charge in [-0.25, -0.2) is 0 Å². The molecule has 3 aromatic rings. The van der Waals surface area contributed by atoms with E-state index < -0.39 is 12.1 Å². The summed E-state index contributed by atoms with van der Waals surface area (Å²) in [6.45, 7) is 0.320. The largest absolute Gasteiger partial charge is 0.361 e. The molecule has 31 heavy (non-hydrogen) atoms. The topological polar surface area (TPSA) is 94.3 Å². The van der Waals surface area contributed by atoms with E-state index in [4.69, 9.17) is 11.6 Å². The van der Waals surface area contributed by atoms with Gasteiger partial charge in [0, 0.05) is 46.7 Å². The first kappa shape index (κ1) is 19.6. The zero-order valence-electron chi connectivity index (χ0n) is 16.6. The normalized spacial score (nSPS) is 23.0. The summed E-state index contributed by atoms with van der Waals surface area (Å²) in [5.41, 5.74) is 2.47. The van der Waals surface area contributed by atoms with Crippen molar-refractivity contribution in [1.29, 1.82) is 0 Å². The molecule has 3 heterocycles. The lowest BCUT2D eigenvalue weighted by atomic mass is 10.0. The van der Waals surface area contributed by atoms with Crippen LogP contribution in [0.5, 0.6) is 0 Å². The van der Waals surface area contributed by atoms with Gasteiger partial charge in [0.15, 0.2) is 0 Å². The monoisotopic (exact) mass is 436 g/mol. The first-order valence-corrected chi connectivity index (χ1v) is 10.6. The highest BCUT2D eigenvalue weighted by Crippen LogP contribution is 2.26. The first-order valence-electron chi connectivity index (χ1n) is 10.2. The maximum absolute atomic E-state index is 13.1. The van der Waals surface area contributed by atoms with Crippen LogP contribution in [0.2, 0.25) is 5.02 Å². The second-order valence-electron chi connectivity index (χ2n) is 8.04. The number of piperazine rings is 1. The van der Waals surface area contributed by atoms with Crippen molar-refractivity contribution in [2.75, 3.05) is 6.54 Å². The number of aromatic amines is 1. The van der Waals surface area contributed by atoms with Crippen LogP contribution >= 0.6 is 11.6 Å². The third-order valence-corrected chi connectivity index (χ3v) is 6.29. The van der Waals surface area contributed by atoms with E-state index in [0.717, 1.165) is 16.5 Å². The highest BCUT2D eigenvalue weighted by molar-refractivity contribution is 6.30. The lowest BCUT2D eigenvalue weighted by Gasteiger charge is -2.34. The van der Waals surface area contributed by atoms with E-state index in [1.54, 1.807) is 29.2 Å². The number of carbonyl (C=O) groups excluding carboxylic acids is 3. The van der Waals surface area contributed by atoms with Gasteiger partial charge >= 0.3 is 0 Å². The predicted molar refractivity (Wildman–Crippen MR) is 117 cm³/mol. The average molecular weight is 437 g/mol. The van der Waals surface area contributed by atoms with Crippen molar-refractivity contribution >= 4 is 40.2 Å². The van der Waals surface area contributed by atoms with Gasteiger partial charge in [0.25, 0.3) is 5.91 Å². The van der Waals surface area contributed by atoms with Crippen LogP contribution in [0.25, 0.3) is 10.9 Å². The molecule has 0 unspecified atom stereocenters. The number of aromatic nitrogens is 1. The SMILES string of the molecule is O=C(N[C@H]1C[C@H]2C(=O)N[C@@H](Cc3c[nH]c4ccccc34)C(=O)N2C1)c1ccc(Cl)cc1. The zero-order chi connectivity index (χ0) is 21.5. The van der Waals surface area contributed by atoms with E-state index in [2.05, 4.69) is 15.6 Å². The highest BCUT2D eigenvalue weighted by Gasteiger charge is 2.46. The van der Waals surface area contributed by atoms with Crippen molar-refractivity contribution in [2.45, 2.75) is 31.0 Å². The van der Waals surface area contributed by atoms with Crippen LogP contribution in [0.4, 0.5) is 0 Å². The number of halogens is 1. The van der Waals surface area contributed by atoms with E-state index in [-0.39, 0.29) is 23.8 Å². The van der Waals surface area contributed by atoms with Gasteiger partial charge in [-0.1, -0.05) is 29.8 Å². The number of para-hydroxylation sites is 1. The minimum Gasteiger partial charge on any atom is -0.361 e. The van der Waals surface area contributed by atoms with E-state index in [9.17, 15) is 14.4 Å². The van der Waals surface area contributed by atoms with Crippen molar-refractivity contribution in [1.82, 2.24) is 20.5 Å². The fourth-order valence-electron chi connectivity index (χ4n) is 4.49. The van der Waals surface area contributed by atoms with Crippen LogP contribution in [0.15, 0.2) is 54.7 Å². The summed E-state index contributed by atoms with van der Waals surface area (Å²) in [6, 6.07) is 13.0. The van der Waals surface area contributed by atoms with Gasteiger partial charge in [-0.05, 0) is 42.3 Å². The summed E-state index contributed by atoms with van der Waals surface area (Å²) in [5.74, 6) is -0.532. The van der Waals surface area contributed by atoms with Gasteiger partial charge in [-0.2, -0.15) is 0 Å². The van der Waals surface area contributed by atoms with Gasteiger partial charge in [0.1, 0.15) is 12.1 Å². The molecular formula is C23H21ClN4O3. The smallest absolute Gasteiger partial charge is 0.251 e. The van der Waals surface area contributed by atoms with Gasteiger partial charge in [-0.3, -0.25) is 14.4 Å². The summed E-state index contributed by atoms with van der Waals surface area (Å²) >= 11 is 5.88. The molecule has 3 N–H and O–H groups in total. The molecule has 8 heteroatoms. The molecule has 2 saturated heterocycles. The Kier molecular flexibility index (Phi) is 4.90. The third-order valence-electron chi connectivity index (χ3n) is 6.04. The summed E-state index contributed by atoms with van der Waals surface area (Å²) < 4.78 is 0. The van der Waals surface area contributed by atoms with Gasteiger partial charge in [0.2, 0.25) is 11.8 Å². The lowest BCUT2D eigenvalue weighted by molar-refractivity contribution is -0.146. The quantitative estimate of drug-likeness (QED) is 0.585. The summed E-state index contributed by atoms with van der Waals surface area (Å²) in [5, 5.41) is 7.41. The zero-order valence-corrected chi connectivity index (χ0v) is 17.4. The molecule has 3 atom stereocenters. The van der Waals surface area contributed by atoms with E-state index in [1.165, 1.54) is 0 Å². The molecule has 2 aromatic carbocycles. The Bertz CT molecular complexity index is 1170. The number of rotatable bonds is 4. The molecule has 2 fully saturated rings. The van der Waals surface area contributed by atoms with Gasteiger partial charge < -0.3 is 20.5 Å². The molecule has 2 aliphatic rings. The Balaban J connectivity index is 1.28. The highest BCUT2D eigenvalue weighted by atomic mass is 35.5. The molecule has 1 aromatic heterocycles. The Morgan fingerprint density at radius 1 is 1.13 bits per heavy atom. The molecule has 3 amide bonds. The van der Waals surface area contributed by atoms with Crippen molar-refractivity contribution < 1.29 is 14.4 Å².